The van der Waals surface area contributed by atoms with Crippen LogP contribution in [0, 0.1) is 0 Å². The molecule has 1 saturated heterocycles. The topological polar surface area (TPSA) is 92.6 Å². The minimum atomic E-state index is -0.875. The number of carbonyl (C=O) groups excluding carboxylic acids is 2. The smallest absolute Gasteiger partial charge is 0.301 e. The Balaban J connectivity index is 1.72. The SMILES string of the molecule is COc1ccc(C2/C(=C(\O)c3ccncc3)C(=O)C(=O)N2c2nc3ccc(Cl)cc3s2)cc1. The molecule has 3 heterocycles. The molecule has 33 heavy (non-hydrogen) atoms. The maximum Gasteiger partial charge on any atom is 0.301 e. The second-order valence-corrected chi connectivity index (χ2v) is 8.73. The molecule has 7 nitrogen and oxygen atoms in total. The van der Waals surface area contributed by atoms with Gasteiger partial charge in [0.05, 0.1) is 28.9 Å². The van der Waals surface area contributed by atoms with Crippen LogP contribution < -0.4 is 9.64 Å². The van der Waals surface area contributed by atoms with E-state index in [1.54, 1.807) is 61.7 Å². The zero-order valence-electron chi connectivity index (χ0n) is 17.2. The van der Waals surface area contributed by atoms with E-state index < -0.39 is 17.7 Å². The third kappa shape index (κ3) is 3.63. The molecule has 1 amide bonds. The number of fused-ring (bicyclic) bond motifs is 1. The fourth-order valence-electron chi connectivity index (χ4n) is 3.79. The average Bonchev–Trinajstić information content (AvgIpc) is 3.37. The van der Waals surface area contributed by atoms with E-state index >= 15 is 0 Å². The molecule has 0 bridgehead atoms. The highest BCUT2D eigenvalue weighted by molar-refractivity contribution is 7.22. The summed E-state index contributed by atoms with van der Waals surface area (Å²) in [6, 6.07) is 14.5. The number of anilines is 1. The lowest BCUT2D eigenvalue weighted by Crippen LogP contribution is -2.29. The van der Waals surface area contributed by atoms with Crippen molar-refractivity contribution in [2.24, 2.45) is 0 Å². The molecule has 1 fully saturated rings. The number of amides is 1. The van der Waals surface area contributed by atoms with Crippen molar-refractivity contribution in [2.75, 3.05) is 12.0 Å². The molecule has 2 aromatic heterocycles. The molecule has 5 rings (SSSR count). The minimum Gasteiger partial charge on any atom is -0.507 e. The van der Waals surface area contributed by atoms with Crippen LogP contribution in [0.15, 0.2) is 72.6 Å². The summed E-state index contributed by atoms with van der Waals surface area (Å²) in [7, 11) is 1.55. The van der Waals surface area contributed by atoms with Gasteiger partial charge >= 0.3 is 5.91 Å². The summed E-state index contributed by atoms with van der Waals surface area (Å²) < 4.78 is 6.02. The van der Waals surface area contributed by atoms with Gasteiger partial charge in [0.25, 0.3) is 5.78 Å². The number of pyridine rings is 1. The number of aliphatic hydroxyl groups is 1. The molecule has 2 aromatic carbocycles. The number of methoxy groups -OCH3 is 1. The number of ketones is 1. The summed E-state index contributed by atoms with van der Waals surface area (Å²) in [5.74, 6) is -1.21. The molecule has 0 saturated carbocycles. The average molecular weight is 478 g/mol. The quantitative estimate of drug-likeness (QED) is 0.253. The van der Waals surface area contributed by atoms with Crippen LogP contribution in [0.2, 0.25) is 5.02 Å². The van der Waals surface area contributed by atoms with Crippen LogP contribution in [0.5, 0.6) is 5.75 Å². The van der Waals surface area contributed by atoms with Gasteiger partial charge in [-0.15, -0.1) is 0 Å². The first-order valence-electron chi connectivity index (χ1n) is 9.89. The lowest BCUT2D eigenvalue weighted by atomic mass is 9.95. The number of ether oxygens (including phenoxy) is 1. The first-order chi connectivity index (χ1) is 16.0. The van der Waals surface area contributed by atoms with Crippen molar-refractivity contribution in [3.8, 4) is 5.75 Å². The number of thiazole rings is 1. The zero-order chi connectivity index (χ0) is 23.1. The monoisotopic (exact) mass is 477 g/mol. The number of nitrogens with zero attached hydrogens (tertiary/aromatic N) is 3. The van der Waals surface area contributed by atoms with Crippen LogP contribution >= 0.6 is 22.9 Å². The molecule has 0 spiro atoms. The molecular formula is C24H16ClN3O4S. The number of aromatic nitrogens is 2. The molecule has 1 atom stereocenters. The van der Waals surface area contributed by atoms with Gasteiger partial charge in [-0.1, -0.05) is 35.1 Å². The van der Waals surface area contributed by atoms with Gasteiger partial charge in [0.15, 0.2) is 5.13 Å². The summed E-state index contributed by atoms with van der Waals surface area (Å²) in [5, 5.41) is 12.0. The molecule has 164 valence electrons. The molecule has 4 aromatic rings. The van der Waals surface area contributed by atoms with Crippen LogP contribution in [0.4, 0.5) is 5.13 Å². The number of halogens is 1. The van der Waals surface area contributed by atoms with E-state index in [4.69, 9.17) is 16.3 Å². The number of hydrogen-bond donors (Lipinski definition) is 1. The molecular weight excluding hydrogens is 462 g/mol. The largest absolute Gasteiger partial charge is 0.507 e. The Labute approximate surface area is 197 Å². The Morgan fingerprint density at radius 3 is 2.52 bits per heavy atom. The van der Waals surface area contributed by atoms with Gasteiger partial charge in [-0.25, -0.2) is 4.98 Å². The molecule has 1 aliphatic rings. The Morgan fingerprint density at radius 2 is 1.82 bits per heavy atom. The van der Waals surface area contributed by atoms with E-state index in [9.17, 15) is 14.7 Å². The molecule has 1 N–H and O–H groups in total. The van der Waals surface area contributed by atoms with E-state index in [2.05, 4.69) is 9.97 Å². The van der Waals surface area contributed by atoms with Gasteiger partial charge in [-0.05, 0) is 48.0 Å². The fraction of sp³-hybridized carbons (Fsp3) is 0.0833. The van der Waals surface area contributed by atoms with Gasteiger partial charge in [0.1, 0.15) is 11.5 Å². The number of hydrogen-bond acceptors (Lipinski definition) is 7. The molecule has 9 heteroatoms. The Bertz CT molecular complexity index is 1420. The fourth-order valence-corrected chi connectivity index (χ4v) is 5.05. The lowest BCUT2D eigenvalue weighted by Gasteiger charge is -2.23. The van der Waals surface area contributed by atoms with Crippen molar-refractivity contribution < 1.29 is 19.4 Å². The van der Waals surface area contributed by atoms with Crippen LogP contribution in [0.3, 0.4) is 0 Å². The van der Waals surface area contributed by atoms with Crippen molar-refractivity contribution in [1.82, 2.24) is 9.97 Å². The predicted octanol–water partition coefficient (Wildman–Crippen LogP) is 4.98. The summed E-state index contributed by atoms with van der Waals surface area (Å²) in [6.45, 7) is 0. The summed E-state index contributed by atoms with van der Waals surface area (Å²) >= 11 is 7.36. The Morgan fingerprint density at radius 1 is 1.09 bits per heavy atom. The van der Waals surface area contributed by atoms with Crippen molar-refractivity contribution in [2.45, 2.75) is 6.04 Å². The van der Waals surface area contributed by atoms with Gasteiger partial charge in [-0.3, -0.25) is 19.5 Å². The number of Topliss-reactive ketones (excluding diaryl/α,β-unsaturated/α-hetero) is 1. The first kappa shape index (κ1) is 21.1. The first-order valence-corrected chi connectivity index (χ1v) is 11.1. The van der Waals surface area contributed by atoms with Gasteiger partial charge in [0.2, 0.25) is 0 Å². The molecule has 0 aliphatic carbocycles. The van der Waals surface area contributed by atoms with E-state index in [1.807, 2.05) is 0 Å². The second kappa shape index (κ2) is 8.31. The number of rotatable bonds is 4. The van der Waals surface area contributed by atoms with Crippen molar-refractivity contribution in [3.63, 3.8) is 0 Å². The predicted molar refractivity (Wildman–Crippen MR) is 127 cm³/mol. The van der Waals surface area contributed by atoms with E-state index in [0.29, 0.717) is 32.5 Å². The summed E-state index contributed by atoms with van der Waals surface area (Å²) in [4.78, 5) is 36.3. The number of carbonyl (C=O) groups is 2. The molecule has 1 unspecified atom stereocenters. The summed E-state index contributed by atoms with van der Waals surface area (Å²) in [6.07, 6.45) is 3.01. The van der Waals surface area contributed by atoms with Crippen LogP contribution in [-0.2, 0) is 9.59 Å². The highest BCUT2D eigenvalue weighted by atomic mass is 35.5. The maximum absolute atomic E-state index is 13.2. The highest BCUT2D eigenvalue weighted by Gasteiger charge is 2.48. The standard InChI is InChI=1S/C24H16ClN3O4S/c1-32-16-5-2-13(3-6-16)20-19(21(29)14-8-10-26-11-9-14)22(30)23(31)28(20)24-27-17-7-4-15(25)12-18(17)33-24/h2-12,20,29H,1H3/b21-19+. The minimum absolute atomic E-state index is 0.0198. The number of benzene rings is 2. The van der Waals surface area contributed by atoms with E-state index in [0.717, 1.165) is 4.70 Å². The Hall–Kier alpha value is -3.75. The zero-order valence-corrected chi connectivity index (χ0v) is 18.8. The third-order valence-corrected chi connectivity index (χ3v) is 6.63. The summed E-state index contributed by atoms with van der Waals surface area (Å²) in [5.41, 5.74) is 1.65. The van der Waals surface area contributed by atoms with Crippen LogP contribution in [-0.4, -0.2) is 33.9 Å². The van der Waals surface area contributed by atoms with Crippen molar-refractivity contribution >= 4 is 55.7 Å². The van der Waals surface area contributed by atoms with Crippen molar-refractivity contribution in [1.29, 1.82) is 0 Å². The Kier molecular flexibility index (Phi) is 5.32. The molecule has 1 aliphatic heterocycles. The maximum atomic E-state index is 13.2. The highest BCUT2D eigenvalue weighted by Crippen LogP contribution is 2.44. The lowest BCUT2D eigenvalue weighted by molar-refractivity contribution is -0.132. The third-order valence-electron chi connectivity index (χ3n) is 5.37. The van der Waals surface area contributed by atoms with Crippen LogP contribution in [0.1, 0.15) is 17.2 Å². The van der Waals surface area contributed by atoms with E-state index in [-0.39, 0.29) is 11.3 Å². The number of aliphatic hydroxyl groups excluding tert-OH is 1. The van der Waals surface area contributed by atoms with Gasteiger partial charge in [-0.2, -0.15) is 0 Å². The molecule has 0 radical (unpaired) electrons. The van der Waals surface area contributed by atoms with Crippen molar-refractivity contribution in [3.05, 3.63) is 88.7 Å². The van der Waals surface area contributed by atoms with E-state index in [1.165, 1.54) is 28.6 Å². The normalized spacial score (nSPS) is 17.6. The van der Waals surface area contributed by atoms with Gasteiger partial charge in [0, 0.05) is 23.0 Å². The van der Waals surface area contributed by atoms with Gasteiger partial charge < -0.3 is 9.84 Å². The van der Waals surface area contributed by atoms with Crippen LogP contribution in [0.25, 0.3) is 16.0 Å². The second-order valence-electron chi connectivity index (χ2n) is 7.29.